The van der Waals surface area contributed by atoms with Crippen molar-refractivity contribution in [1.29, 1.82) is 0 Å². The van der Waals surface area contributed by atoms with Crippen LogP contribution in [0.2, 0.25) is 5.02 Å². The number of para-hydroxylation sites is 1. The summed E-state index contributed by atoms with van der Waals surface area (Å²) in [5.41, 5.74) is 4.84. The van der Waals surface area contributed by atoms with Gasteiger partial charge in [0.1, 0.15) is 11.4 Å². The van der Waals surface area contributed by atoms with E-state index < -0.39 is 5.60 Å². The van der Waals surface area contributed by atoms with Crippen LogP contribution in [0.5, 0.6) is 5.75 Å². The molecule has 0 saturated heterocycles. The zero-order chi connectivity index (χ0) is 19.7. The summed E-state index contributed by atoms with van der Waals surface area (Å²) in [5, 5.41) is 0.717. The lowest BCUT2D eigenvalue weighted by atomic mass is 9.82. The van der Waals surface area contributed by atoms with Gasteiger partial charge >= 0.3 is 0 Å². The van der Waals surface area contributed by atoms with Crippen LogP contribution in [0.1, 0.15) is 36.6 Å². The van der Waals surface area contributed by atoms with Gasteiger partial charge < -0.3 is 9.64 Å². The Hall–Kier alpha value is -2.45. The topological polar surface area (TPSA) is 12.5 Å². The maximum atomic E-state index is 6.54. The molecule has 4 rings (SSSR count). The predicted molar refractivity (Wildman–Crippen MR) is 118 cm³/mol. The van der Waals surface area contributed by atoms with Crippen LogP contribution in [0.15, 0.2) is 72.8 Å². The Labute approximate surface area is 172 Å². The molecular formula is C25H26ClNO. The minimum atomic E-state index is -0.438. The summed E-state index contributed by atoms with van der Waals surface area (Å²) < 4.78 is 6.54. The van der Waals surface area contributed by atoms with Crippen LogP contribution in [0, 0.1) is 6.92 Å². The molecule has 0 aromatic heterocycles. The van der Waals surface area contributed by atoms with Crippen molar-refractivity contribution in [1.82, 2.24) is 0 Å². The Kier molecular flexibility index (Phi) is 5.07. The first kappa shape index (κ1) is 18.9. The Bertz CT molecular complexity index is 950. The number of anilines is 1. The smallest absolute Gasteiger partial charge is 0.128 e. The number of hydrogen-bond donors (Lipinski definition) is 0. The third kappa shape index (κ3) is 3.74. The van der Waals surface area contributed by atoms with Gasteiger partial charge in [-0.1, -0.05) is 53.6 Å². The Morgan fingerprint density at radius 1 is 0.964 bits per heavy atom. The normalized spacial score (nSPS) is 16.6. The van der Waals surface area contributed by atoms with Crippen LogP contribution in [0.4, 0.5) is 5.69 Å². The lowest BCUT2D eigenvalue weighted by Gasteiger charge is -2.47. The van der Waals surface area contributed by atoms with E-state index in [1.807, 2.05) is 24.3 Å². The number of fused-ring (bicyclic) bond motifs is 1. The SMILES string of the molecule is Cc1ccc2c(c1)C(C(C)(C)Oc1ccc(Cl)cc1)N(c1ccccc1)CC2. The van der Waals surface area contributed by atoms with Gasteiger partial charge in [-0.05, 0) is 74.7 Å². The van der Waals surface area contributed by atoms with E-state index in [0.29, 0.717) is 0 Å². The highest BCUT2D eigenvalue weighted by Gasteiger charge is 2.41. The van der Waals surface area contributed by atoms with Crippen molar-refractivity contribution in [3.8, 4) is 5.75 Å². The zero-order valence-corrected chi connectivity index (χ0v) is 17.4. The maximum absolute atomic E-state index is 6.54. The lowest BCUT2D eigenvalue weighted by molar-refractivity contribution is 0.0734. The minimum Gasteiger partial charge on any atom is -0.485 e. The summed E-state index contributed by atoms with van der Waals surface area (Å²) in [6.45, 7) is 7.49. The molecule has 2 nitrogen and oxygen atoms in total. The molecule has 1 aliphatic rings. The largest absolute Gasteiger partial charge is 0.485 e. The van der Waals surface area contributed by atoms with Crippen molar-refractivity contribution in [2.24, 2.45) is 0 Å². The van der Waals surface area contributed by atoms with Crippen molar-refractivity contribution >= 4 is 17.3 Å². The van der Waals surface area contributed by atoms with E-state index in [1.165, 1.54) is 22.4 Å². The van der Waals surface area contributed by atoms with E-state index in [2.05, 4.69) is 74.2 Å². The fourth-order valence-electron chi connectivity index (χ4n) is 4.24. The number of ether oxygens (including phenoxy) is 1. The van der Waals surface area contributed by atoms with Crippen molar-refractivity contribution in [3.63, 3.8) is 0 Å². The van der Waals surface area contributed by atoms with Gasteiger partial charge in [-0.3, -0.25) is 0 Å². The Balaban J connectivity index is 1.78. The second-order valence-corrected chi connectivity index (χ2v) is 8.48. The van der Waals surface area contributed by atoms with Gasteiger partial charge in [-0.2, -0.15) is 0 Å². The molecule has 0 aliphatic carbocycles. The van der Waals surface area contributed by atoms with Gasteiger partial charge in [0.25, 0.3) is 0 Å². The van der Waals surface area contributed by atoms with Gasteiger partial charge in [0, 0.05) is 17.3 Å². The first-order valence-electron chi connectivity index (χ1n) is 9.80. The van der Waals surface area contributed by atoms with E-state index in [-0.39, 0.29) is 6.04 Å². The zero-order valence-electron chi connectivity index (χ0n) is 16.7. The third-order valence-electron chi connectivity index (χ3n) is 5.47. The number of hydrogen-bond acceptors (Lipinski definition) is 2. The Morgan fingerprint density at radius 3 is 2.39 bits per heavy atom. The van der Waals surface area contributed by atoms with E-state index in [9.17, 15) is 0 Å². The van der Waals surface area contributed by atoms with Crippen LogP contribution < -0.4 is 9.64 Å². The predicted octanol–water partition coefficient (Wildman–Crippen LogP) is 6.61. The van der Waals surface area contributed by atoms with Crippen LogP contribution in [0.25, 0.3) is 0 Å². The molecule has 0 radical (unpaired) electrons. The van der Waals surface area contributed by atoms with E-state index in [0.717, 1.165) is 23.7 Å². The number of nitrogens with zero attached hydrogens (tertiary/aromatic N) is 1. The summed E-state index contributed by atoms with van der Waals surface area (Å²) >= 11 is 6.06. The highest BCUT2D eigenvalue weighted by Crippen LogP contribution is 2.42. The minimum absolute atomic E-state index is 0.106. The third-order valence-corrected chi connectivity index (χ3v) is 5.72. The first-order chi connectivity index (χ1) is 13.4. The van der Waals surface area contributed by atoms with Gasteiger partial charge in [0.15, 0.2) is 0 Å². The molecule has 0 fully saturated rings. The molecule has 3 aromatic rings. The molecule has 0 saturated carbocycles. The number of benzene rings is 3. The van der Waals surface area contributed by atoms with Crippen LogP contribution in [-0.2, 0) is 6.42 Å². The molecule has 0 spiro atoms. The van der Waals surface area contributed by atoms with Crippen LogP contribution in [-0.4, -0.2) is 12.1 Å². The number of halogens is 1. The van der Waals surface area contributed by atoms with Crippen molar-refractivity contribution in [2.45, 2.75) is 38.8 Å². The molecule has 1 aliphatic heterocycles. The number of rotatable bonds is 4. The molecule has 0 N–H and O–H groups in total. The van der Waals surface area contributed by atoms with E-state index in [4.69, 9.17) is 16.3 Å². The highest BCUT2D eigenvalue weighted by atomic mass is 35.5. The van der Waals surface area contributed by atoms with Crippen LogP contribution in [0.3, 0.4) is 0 Å². The molecule has 144 valence electrons. The molecule has 1 unspecified atom stereocenters. The molecule has 28 heavy (non-hydrogen) atoms. The summed E-state index contributed by atoms with van der Waals surface area (Å²) in [4.78, 5) is 2.48. The second-order valence-electron chi connectivity index (χ2n) is 8.04. The lowest BCUT2D eigenvalue weighted by Crippen LogP contribution is -2.49. The quantitative estimate of drug-likeness (QED) is 0.496. The molecule has 0 bridgehead atoms. The average Bonchev–Trinajstić information content (AvgIpc) is 2.69. The van der Waals surface area contributed by atoms with E-state index >= 15 is 0 Å². The molecule has 1 atom stereocenters. The first-order valence-corrected chi connectivity index (χ1v) is 10.2. The number of aryl methyl sites for hydroxylation is 1. The van der Waals surface area contributed by atoms with Gasteiger partial charge in [-0.25, -0.2) is 0 Å². The monoisotopic (exact) mass is 391 g/mol. The molecule has 3 aromatic carbocycles. The maximum Gasteiger partial charge on any atom is 0.128 e. The van der Waals surface area contributed by atoms with E-state index in [1.54, 1.807) is 0 Å². The standard InChI is InChI=1S/C25H26ClNO/c1-18-9-10-19-15-16-27(21-7-5-4-6-8-21)24(23(19)17-18)25(2,3)28-22-13-11-20(26)12-14-22/h4-14,17,24H,15-16H2,1-3H3. The average molecular weight is 392 g/mol. The second kappa shape index (κ2) is 7.52. The highest BCUT2D eigenvalue weighted by molar-refractivity contribution is 6.30. The van der Waals surface area contributed by atoms with Gasteiger partial charge in [-0.15, -0.1) is 0 Å². The summed E-state index contributed by atoms with van der Waals surface area (Å²) in [7, 11) is 0. The summed E-state index contributed by atoms with van der Waals surface area (Å²) in [6, 6.07) is 25.2. The van der Waals surface area contributed by atoms with Crippen LogP contribution >= 0.6 is 11.6 Å². The fourth-order valence-corrected chi connectivity index (χ4v) is 4.37. The van der Waals surface area contributed by atoms with Crippen molar-refractivity contribution < 1.29 is 4.74 Å². The fraction of sp³-hybridized carbons (Fsp3) is 0.280. The van der Waals surface area contributed by atoms with Crippen molar-refractivity contribution in [3.05, 3.63) is 94.5 Å². The van der Waals surface area contributed by atoms with Crippen molar-refractivity contribution in [2.75, 3.05) is 11.4 Å². The van der Waals surface area contributed by atoms with Gasteiger partial charge in [0.05, 0.1) is 6.04 Å². The summed E-state index contributed by atoms with van der Waals surface area (Å²) in [5.74, 6) is 0.835. The molecule has 3 heteroatoms. The van der Waals surface area contributed by atoms with Gasteiger partial charge in [0.2, 0.25) is 0 Å². The summed E-state index contributed by atoms with van der Waals surface area (Å²) in [6.07, 6.45) is 1.04. The Morgan fingerprint density at radius 2 is 1.68 bits per heavy atom. The molecular weight excluding hydrogens is 366 g/mol. The molecule has 1 heterocycles. The molecule has 0 amide bonds.